The normalized spacial score (nSPS) is 14.2. The lowest BCUT2D eigenvalue weighted by molar-refractivity contribution is -0.117. The van der Waals surface area contributed by atoms with Gasteiger partial charge >= 0.3 is 0 Å². The predicted molar refractivity (Wildman–Crippen MR) is 87.4 cm³/mol. The number of hydrogen-bond acceptors (Lipinski definition) is 2. The summed E-state index contributed by atoms with van der Waals surface area (Å²) in [5.41, 5.74) is 1.96. The van der Waals surface area contributed by atoms with Crippen molar-refractivity contribution in [2.24, 2.45) is 0 Å². The smallest absolute Gasteiger partial charge is 0.257 e. The summed E-state index contributed by atoms with van der Waals surface area (Å²) in [5.74, 6) is -0.108. The lowest BCUT2D eigenvalue weighted by Crippen LogP contribution is -2.23. The van der Waals surface area contributed by atoms with E-state index in [1.165, 1.54) is 0 Å². The molecular weight excluding hydrogens is 300 g/mol. The molecule has 0 atom stereocenters. The number of nitrogens with zero attached hydrogens (tertiary/aromatic N) is 1. The molecule has 3 rings (SSSR count). The Kier molecular flexibility index (Phi) is 4.11. The minimum Gasteiger partial charge on any atom is -0.322 e. The van der Waals surface area contributed by atoms with Gasteiger partial charge in [-0.1, -0.05) is 23.7 Å². The number of carbonyl (C=O) groups excluding carboxylic acids is 2. The van der Waals surface area contributed by atoms with E-state index < -0.39 is 0 Å². The Hall–Kier alpha value is -2.33. The highest BCUT2D eigenvalue weighted by Gasteiger charge is 2.21. The second kappa shape index (κ2) is 6.20. The summed E-state index contributed by atoms with van der Waals surface area (Å²) in [5, 5.41) is 3.22. The average molecular weight is 315 g/mol. The van der Waals surface area contributed by atoms with E-state index in [2.05, 4.69) is 5.32 Å². The van der Waals surface area contributed by atoms with Crippen LogP contribution in [0.15, 0.2) is 48.5 Å². The molecule has 0 radical (unpaired) electrons. The van der Waals surface area contributed by atoms with Gasteiger partial charge in [0.2, 0.25) is 5.91 Å². The lowest BCUT2D eigenvalue weighted by Gasteiger charge is -2.16. The molecule has 1 saturated heterocycles. The standard InChI is InChI=1S/C17H15ClN2O2/c18-15-5-2-1-4-14(15)17(22)19-12-7-9-13(10-8-12)20-11-3-6-16(20)21/h1-2,4-5,7-10H,3,6,11H2,(H,19,22). The van der Waals surface area contributed by atoms with E-state index in [4.69, 9.17) is 11.6 Å². The maximum atomic E-state index is 12.2. The monoisotopic (exact) mass is 314 g/mol. The number of benzene rings is 2. The molecule has 0 bridgehead atoms. The van der Waals surface area contributed by atoms with Crippen molar-refractivity contribution in [3.8, 4) is 0 Å². The fraction of sp³-hybridized carbons (Fsp3) is 0.176. The first-order chi connectivity index (χ1) is 10.6. The van der Waals surface area contributed by atoms with Gasteiger partial charge in [-0.2, -0.15) is 0 Å². The van der Waals surface area contributed by atoms with Crippen molar-refractivity contribution in [2.45, 2.75) is 12.8 Å². The number of carbonyl (C=O) groups is 2. The Bertz CT molecular complexity index is 713. The zero-order chi connectivity index (χ0) is 15.5. The highest BCUT2D eigenvalue weighted by Crippen LogP contribution is 2.23. The highest BCUT2D eigenvalue weighted by molar-refractivity contribution is 6.34. The van der Waals surface area contributed by atoms with Gasteiger partial charge in [0.15, 0.2) is 0 Å². The van der Waals surface area contributed by atoms with Crippen LogP contribution in [0, 0.1) is 0 Å². The van der Waals surface area contributed by atoms with Gasteiger partial charge in [-0.05, 0) is 42.8 Å². The van der Waals surface area contributed by atoms with Crippen LogP contribution in [0.4, 0.5) is 11.4 Å². The summed E-state index contributed by atoms with van der Waals surface area (Å²) in [6, 6.07) is 14.2. The zero-order valence-corrected chi connectivity index (χ0v) is 12.6. The van der Waals surface area contributed by atoms with Crippen LogP contribution >= 0.6 is 11.6 Å². The van der Waals surface area contributed by atoms with E-state index >= 15 is 0 Å². The molecule has 0 aliphatic carbocycles. The second-order valence-electron chi connectivity index (χ2n) is 5.13. The molecule has 1 N–H and O–H groups in total. The van der Waals surface area contributed by atoms with Crippen LogP contribution in [0.2, 0.25) is 5.02 Å². The largest absolute Gasteiger partial charge is 0.322 e. The molecule has 2 aromatic carbocycles. The van der Waals surface area contributed by atoms with Crippen molar-refractivity contribution in [2.75, 3.05) is 16.8 Å². The van der Waals surface area contributed by atoms with Gasteiger partial charge < -0.3 is 10.2 Å². The molecule has 1 heterocycles. The molecule has 0 aromatic heterocycles. The number of nitrogens with one attached hydrogen (secondary N) is 1. The van der Waals surface area contributed by atoms with Crippen LogP contribution in [-0.2, 0) is 4.79 Å². The van der Waals surface area contributed by atoms with E-state index in [1.807, 2.05) is 12.1 Å². The third kappa shape index (κ3) is 2.97. The minimum atomic E-state index is -0.254. The molecule has 5 heteroatoms. The molecule has 2 amide bonds. The van der Waals surface area contributed by atoms with E-state index in [0.29, 0.717) is 22.7 Å². The third-order valence-corrected chi connectivity index (χ3v) is 3.96. The molecular formula is C17H15ClN2O2. The Morgan fingerprint density at radius 2 is 1.82 bits per heavy atom. The van der Waals surface area contributed by atoms with Crippen LogP contribution in [0.5, 0.6) is 0 Å². The first-order valence-corrected chi connectivity index (χ1v) is 7.49. The SMILES string of the molecule is O=C(Nc1ccc(N2CCCC2=O)cc1)c1ccccc1Cl. The molecule has 0 spiro atoms. The highest BCUT2D eigenvalue weighted by atomic mass is 35.5. The van der Waals surface area contributed by atoms with Gasteiger partial charge in [0.1, 0.15) is 0 Å². The Labute approximate surface area is 133 Å². The Morgan fingerprint density at radius 1 is 1.09 bits per heavy atom. The van der Waals surface area contributed by atoms with E-state index in [1.54, 1.807) is 41.3 Å². The van der Waals surface area contributed by atoms with Gasteiger partial charge in [-0.15, -0.1) is 0 Å². The fourth-order valence-corrected chi connectivity index (χ4v) is 2.71. The van der Waals surface area contributed by atoms with Gasteiger partial charge in [-0.25, -0.2) is 0 Å². The maximum Gasteiger partial charge on any atom is 0.257 e. The Morgan fingerprint density at radius 3 is 2.45 bits per heavy atom. The van der Waals surface area contributed by atoms with Gasteiger partial charge in [0.05, 0.1) is 10.6 Å². The number of anilines is 2. The van der Waals surface area contributed by atoms with Crippen molar-refractivity contribution in [3.63, 3.8) is 0 Å². The predicted octanol–water partition coefficient (Wildman–Crippen LogP) is 3.72. The lowest BCUT2D eigenvalue weighted by atomic mass is 10.2. The maximum absolute atomic E-state index is 12.2. The minimum absolute atomic E-state index is 0.146. The summed E-state index contributed by atoms with van der Waals surface area (Å²) < 4.78 is 0. The van der Waals surface area contributed by atoms with Crippen molar-refractivity contribution >= 4 is 34.8 Å². The van der Waals surface area contributed by atoms with Crippen molar-refractivity contribution in [3.05, 3.63) is 59.1 Å². The average Bonchev–Trinajstić information content (AvgIpc) is 2.94. The molecule has 2 aromatic rings. The molecule has 112 valence electrons. The number of hydrogen-bond donors (Lipinski definition) is 1. The van der Waals surface area contributed by atoms with Crippen molar-refractivity contribution in [1.29, 1.82) is 0 Å². The van der Waals surface area contributed by atoms with Crippen LogP contribution in [0.3, 0.4) is 0 Å². The van der Waals surface area contributed by atoms with Crippen molar-refractivity contribution < 1.29 is 9.59 Å². The summed E-state index contributed by atoms with van der Waals surface area (Å²) >= 11 is 6.01. The zero-order valence-electron chi connectivity index (χ0n) is 11.9. The second-order valence-corrected chi connectivity index (χ2v) is 5.54. The number of halogens is 1. The van der Waals surface area contributed by atoms with Crippen LogP contribution in [0.1, 0.15) is 23.2 Å². The van der Waals surface area contributed by atoms with Crippen LogP contribution in [0.25, 0.3) is 0 Å². The van der Waals surface area contributed by atoms with Gasteiger partial charge in [0, 0.05) is 24.3 Å². The molecule has 0 unspecified atom stereocenters. The van der Waals surface area contributed by atoms with E-state index in [-0.39, 0.29) is 11.8 Å². The van der Waals surface area contributed by atoms with Crippen molar-refractivity contribution in [1.82, 2.24) is 0 Å². The molecule has 1 aliphatic rings. The molecule has 0 saturated carbocycles. The number of amides is 2. The molecule has 4 nitrogen and oxygen atoms in total. The summed E-state index contributed by atoms with van der Waals surface area (Å²) in [6.07, 6.45) is 1.49. The van der Waals surface area contributed by atoms with Gasteiger partial charge in [0.25, 0.3) is 5.91 Å². The molecule has 22 heavy (non-hydrogen) atoms. The topological polar surface area (TPSA) is 49.4 Å². The summed E-state index contributed by atoms with van der Waals surface area (Å²) in [7, 11) is 0. The summed E-state index contributed by atoms with van der Waals surface area (Å²) in [4.78, 5) is 25.6. The fourth-order valence-electron chi connectivity index (χ4n) is 2.49. The third-order valence-electron chi connectivity index (χ3n) is 3.63. The van der Waals surface area contributed by atoms with Gasteiger partial charge in [-0.3, -0.25) is 9.59 Å². The molecule has 1 aliphatic heterocycles. The first-order valence-electron chi connectivity index (χ1n) is 7.11. The molecule has 1 fully saturated rings. The quantitative estimate of drug-likeness (QED) is 0.938. The Balaban J connectivity index is 1.72. The van der Waals surface area contributed by atoms with Crippen LogP contribution < -0.4 is 10.2 Å². The van der Waals surface area contributed by atoms with E-state index in [0.717, 1.165) is 18.7 Å². The van der Waals surface area contributed by atoms with Crippen LogP contribution in [-0.4, -0.2) is 18.4 Å². The summed E-state index contributed by atoms with van der Waals surface area (Å²) in [6.45, 7) is 0.754. The van der Waals surface area contributed by atoms with E-state index in [9.17, 15) is 9.59 Å². The first kappa shape index (κ1) is 14.6. The number of rotatable bonds is 3.